The highest BCUT2D eigenvalue weighted by molar-refractivity contribution is 6.00. The fourth-order valence-corrected chi connectivity index (χ4v) is 6.83. The second-order valence-electron chi connectivity index (χ2n) is 13.2. The average Bonchev–Trinajstić information content (AvgIpc) is 3.54. The fourth-order valence-electron chi connectivity index (χ4n) is 6.83. The summed E-state index contributed by atoms with van der Waals surface area (Å²) >= 11 is 0. The van der Waals surface area contributed by atoms with Crippen molar-refractivity contribution in [3.8, 4) is 0 Å². The molecule has 5 rings (SSSR count). The zero-order valence-electron chi connectivity index (χ0n) is 28.4. The van der Waals surface area contributed by atoms with Crippen LogP contribution in [0.3, 0.4) is 0 Å². The van der Waals surface area contributed by atoms with E-state index in [4.69, 9.17) is 0 Å². The molecule has 11 heteroatoms. The van der Waals surface area contributed by atoms with Gasteiger partial charge in [0.05, 0.1) is 0 Å². The van der Waals surface area contributed by atoms with Crippen LogP contribution in [0.1, 0.15) is 67.1 Å². The van der Waals surface area contributed by atoms with E-state index in [0.29, 0.717) is 30.9 Å². The molecule has 2 fully saturated rings. The first-order valence-corrected chi connectivity index (χ1v) is 17.2. The molecule has 2 heterocycles. The number of nitrogens with zero attached hydrogens (tertiary/aromatic N) is 4. The lowest BCUT2D eigenvalue weighted by molar-refractivity contribution is -0.138. The number of aryl methyl sites for hydroxylation is 1. The Kier molecular flexibility index (Phi) is 12.0. The van der Waals surface area contributed by atoms with E-state index in [-0.39, 0.29) is 42.0 Å². The summed E-state index contributed by atoms with van der Waals surface area (Å²) in [5, 5.41) is 13.0. The van der Waals surface area contributed by atoms with Gasteiger partial charge in [-0.2, -0.15) is 5.10 Å². The summed E-state index contributed by atoms with van der Waals surface area (Å²) in [5.74, 6) is -0.791. The van der Waals surface area contributed by atoms with Crippen molar-refractivity contribution < 1.29 is 19.2 Å². The number of anilines is 1. The van der Waals surface area contributed by atoms with E-state index in [2.05, 4.69) is 45.1 Å². The van der Waals surface area contributed by atoms with Crippen LogP contribution in [0, 0.1) is 5.92 Å². The van der Waals surface area contributed by atoms with Crippen molar-refractivity contribution in [2.75, 3.05) is 32.0 Å². The van der Waals surface area contributed by atoms with Gasteiger partial charge in [-0.25, -0.2) is 0 Å². The highest BCUT2D eigenvalue weighted by Crippen LogP contribution is 2.28. The molecule has 1 aliphatic carbocycles. The van der Waals surface area contributed by atoms with Crippen LogP contribution in [-0.2, 0) is 34.3 Å². The molecule has 3 atom stereocenters. The van der Waals surface area contributed by atoms with E-state index in [1.165, 1.54) is 10.2 Å². The molecule has 0 spiro atoms. The summed E-state index contributed by atoms with van der Waals surface area (Å²) in [5.41, 5.74) is 3.09. The number of carbonyl (C=O) groups is 4. The number of likely N-dealkylation sites (N-methyl/N-ethyl adjacent to an activating group) is 1. The van der Waals surface area contributed by atoms with Crippen molar-refractivity contribution in [2.24, 2.45) is 13.0 Å². The van der Waals surface area contributed by atoms with Crippen LogP contribution in [-0.4, -0.2) is 88.0 Å². The van der Waals surface area contributed by atoms with Gasteiger partial charge in [-0.05, 0) is 61.6 Å². The highest BCUT2D eigenvalue weighted by atomic mass is 16.2. The van der Waals surface area contributed by atoms with Gasteiger partial charge in [0.25, 0.3) is 5.91 Å². The topological polar surface area (TPSA) is 129 Å². The Labute approximate surface area is 283 Å². The Hall–Kier alpha value is -4.51. The van der Waals surface area contributed by atoms with Crippen LogP contribution < -0.4 is 16.0 Å². The standard InChI is InChI=1S/C37H49N7O4/c1-4-33(45)40-31(37(48)44-22-21-42(2)30(25-44)23-26-11-7-5-8-12-26)24-27-15-17-29(18-16-27)39-36(47)34(28-13-9-6-10-14-28)41-35(46)32-19-20-38-43(32)3/h5,7-8,11-12,15-20,28,30-31,34H,4,6,9-10,13-14,21-25H2,1-3H3,(H,39,47)(H,40,45)(H,41,46)/t30?,31-,34+/m1/s1. The minimum atomic E-state index is -0.698. The fraction of sp³-hybridized carbons (Fsp3) is 0.486. The average molecular weight is 656 g/mol. The Balaban J connectivity index is 1.24. The number of rotatable bonds is 12. The first kappa shape index (κ1) is 34.8. The van der Waals surface area contributed by atoms with Crippen LogP contribution in [0.4, 0.5) is 5.69 Å². The summed E-state index contributed by atoms with van der Waals surface area (Å²) < 4.78 is 1.50. The second-order valence-corrected chi connectivity index (χ2v) is 13.2. The van der Waals surface area contributed by atoms with E-state index in [9.17, 15) is 19.2 Å². The maximum absolute atomic E-state index is 13.9. The first-order valence-electron chi connectivity index (χ1n) is 17.2. The number of hydrogen-bond donors (Lipinski definition) is 3. The third-order valence-electron chi connectivity index (χ3n) is 9.76. The van der Waals surface area contributed by atoms with Gasteiger partial charge in [0.2, 0.25) is 17.7 Å². The summed E-state index contributed by atoms with van der Waals surface area (Å²) in [7, 11) is 3.80. The van der Waals surface area contributed by atoms with Crippen molar-refractivity contribution in [1.82, 2.24) is 30.2 Å². The van der Waals surface area contributed by atoms with E-state index in [0.717, 1.165) is 50.6 Å². The van der Waals surface area contributed by atoms with Crippen LogP contribution in [0.15, 0.2) is 66.9 Å². The van der Waals surface area contributed by atoms with Crippen LogP contribution in [0.25, 0.3) is 0 Å². The Morgan fingerprint density at radius 3 is 2.27 bits per heavy atom. The Bertz CT molecular complexity index is 1530. The number of hydrogen-bond acceptors (Lipinski definition) is 6. The zero-order valence-corrected chi connectivity index (χ0v) is 28.4. The monoisotopic (exact) mass is 655 g/mol. The Morgan fingerprint density at radius 2 is 1.60 bits per heavy atom. The van der Waals surface area contributed by atoms with Crippen LogP contribution in [0.2, 0.25) is 0 Å². The van der Waals surface area contributed by atoms with Crippen molar-refractivity contribution in [1.29, 1.82) is 0 Å². The number of amides is 4. The van der Waals surface area contributed by atoms with Gasteiger partial charge in [0.15, 0.2) is 0 Å². The lowest BCUT2D eigenvalue weighted by atomic mass is 9.83. The molecule has 48 heavy (non-hydrogen) atoms. The maximum Gasteiger partial charge on any atom is 0.270 e. The van der Waals surface area contributed by atoms with Gasteiger partial charge in [-0.3, -0.25) is 28.8 Å². The molecule has 1 aliphatic heterocycles. The highest BCUT2D eigenvalue weighted by Gasteiger charge is 2.33. The van der Waals surface area contributed by atoms with E-state index < -0.39 is 12.1 Å². The number of aromatic nitrogens is 2. The van der Waals surface area contributed by atoms with Crippen molar-refractivity contribution >= 4 is 29.3 Å². The molecule has 3 aromatic rings. The minimum Gasteiger partial charge on any atom is -0.344 e. The molecule has 11 nitrogen and oxygen atoms in total. The quantitative estimate of drug-likeness (QED) is 0.274. The van der Waals surface area contributed by atoms with E-state index in [1.807, 2.05) is 47.4 Å². The smallest absolute Gasteiger partial charge is 0.270 e. The van der Waals surface area contributed by atoms with Crippen molar-refractivity contribution in [3.05, 3.63) is 83.7 Å². The number of nitrogens with one attached hydrogen (secondary N) is 3. The molecule has 1 saturated heterocycles. The molecule has 1 unspecified atom stereocenters. The summed E-state index contributed by atoms with van der Waals surface area (Å²) in [6.07, 6.45) is 7.97. The van der Waals surface area contributed by atoms with Crippen LogP contribution >= 0.6 is 0 Å². The number of benzene rings is 2. The minimum absolute atomic E-state index is 0.0472. The van der Waals surface area contributed by atoms with Gasteiger partial charge in [-0.15, -0.1) is 0 Å². The van der Waals surface area contributed by atoms with Gasteiger partial charge < -0.3 is 20.9 Å². The SMILES string of the molecule is CCC(=O)N[C@H](Cc1ccc(NC(=O)[C@@H](NC(=O)c2ccnn2C)C2CCCCC2)cc1)C(=O)N1CCN(C)C(Cc2ccccc2)C1. The molecule has 1 aromatic heterocycles. The summed E-state index contributed by atoms with van der Waals surface area (Å²) in [6, 6.07) is 18.1. The summed E-state index contributed by atoms with van der Waals surface area (Å²) in [4.78, 5) is 57.2. The molecule has 0 radical (unpaired) electrons. The molecule has 4 amide bonds. The molecule has 2 aromatic carbocycles. The van der Waals surface area contributed by atoms with Crippen molar-refractivity contribution in [2.45, 2.75) is 76.4 Å². The molecule has 3 N–H and O–H groups in total. The first-order chi connectivity index (χ1) is 23.2. The van der Waals surface area contributed by atoms with E-state index in [1.54, 1.807) is 26.2 Å². The number of piperazine rings is 1. The molecular weight excluding hydrogens is 606 g/mol. The lowest BCUT2D eigenvalue weighted by Crippen LogP contribution is -2.58. The van der Waals surface area contributed by atoms with Crippen molar-refractivity contribution in [3.63, 3.8) is 0 Å². The predicted octanol–water partition coefficient (Wildman–Crippen LogP) is 3.56. The van der Waals surface area contributed by atoms with Gasteiger partial charge in [0.1, 0.15) is 17.8 Å². The van der Waals surface area contributed by atoms with Crippen LogP contribution in [0.5, 0.6) is 0 Å². The molecular formula is C37H49N7O4. The molecule has 0 bridgehead atoms. The maximum atomic E-state index is 13.9. The Morgan fingerprint density at radius 1 is 0.875 bits per heavy atom. The zero-order chi connectivity index (χ0) is 34.0. The van der Waals surface area contributed by atoms with Gasteiger partial charge >= 0.3 is 0 Å². The van der Waals surface area contributed by atoms with E-state index >= 15 is 0 Å². The molecule has 1 saturated carbocycles. The third-order valence-corrected chi connectivity index (χ3v) is 9.76. The molecule has 256 valence electrons. The van der Waals surface area contributed by atoms with Gasteiger partial charge in [-0.1, -0.05) is 68.7 Å². The third kappa shape index (κ3) is 9.09. The molecule has 2 aliphatic rings. The largest absolute Gasteiger partial charge is 0.344 e. The second kappa shape index (κ2) is 16.5. The normalized spacial score (nSPS) is 18.5. The van der Waals surface area contributed by atoms with Gasteiger partial charge in [0, 0.05) is 57.4 Å². The summed E-state index contributed by atoms with van der Waals surface area (Å²) in [6.45, 7) is 3.73. The number of carbonyl (C=O) groups excluding carboxylic acids is 4. The predicted molar refractivity (Wildman–Crippen MR) is 185 cm³/mol. The lowest BCUT2D eigenvalue weighted by Gasteiger charge is -2.41.